The first kappa shape index (κ1) is 14.3. The van der Waals surface area contributed by atoms with Gasteiger partial charge in [-0.1, -0.05) is 0 Å². The standard InChI is InChI=1S/C12H18N4O2.ClH/c1-16-5-4-14-11(16)7-15-12(17)10-6-8-9(18-10)2-3-13-8;/h4-5,8-10,13H,2-3,6-7H2,1H3,(H,15,17);1H/t8-,9-,10+;/m1./s1. The number of nitrogens with zero attached hydrogens (tertiary/aromatic N) is 2. The minimum absolute atomic E-state index is 0. The van der Waals surface area contributed by atoms with Gasteiger partial charge < -0.3 is 19.9 Å². The van der Waals surface area contributed by atoms with Crippen molar-refractivity contribution >= 4 is 18.3 Å². The zero-order chi connectivity index (χ0) is 12.5. The van der Waals surface area contributed by atoms with E-state index in [0.717, 1.165) is 25.2 Å². The van der Waals surface area contributed by atoms with Gasteiger partial charge in [0.15, 0.2) is 0 Å². The highest BCUT2D eigenvalue weighted by Crippen LogP contribution is 2.26. The summed E-state index contributed by atoms with van der Waals surface area (Å²) in [6.07, 6.45) is 5.27. The fourth-order valence-electron chi connectivity index (χ4n) is 2.65. The summed E-state index contributed by atoms with van der Waals surface area (Å²) in [7, 11) is 1.91. The number of rotatable bonds is 3. The molecule has 1 aromatic rings. The van der Waals surface area contributed by atoms with Crippen LogP contribution in [0.25, 0.3) is 0 Å². The van der Waals surface area contributed by atoms with Crippen LogP contribution >= 0.6 is 12.4 Å². The highest BCUT2D eigenvalue weighted by atomic mass is 35.5. The number of nitrogens with one attached hydrogen (secondary N) is 2. The Morgan fingerprint density at radius 1 is 1.68 bits per heavy atom. The van der Waals surface area contributed by atoms with E-state index in [-0.39, 0.29) is 30.5 Å². The molecule has 1 amide bonds. The molecule has 1 aromatic heterocycles. The van der Waals surface area contributed by atoms with Crippen LogP contribution in [0.5, 0.6) is 0 Å². The van der Waals surface area contributed by atoms with Crippen molar-refractivity contribution in [3.8, 4) is 0 Å². The summed E-state index contributed by atoms with van der Waals surface area (Å²) < 4.78 is 7.64. The van der Waals surface area contributed by atoms with E-state index in [4.69, 9.17) is 4.74 Å². The minimum atomic E-state index is -0.312. The van der Waals surface area contributed by atoms with Crippen LogP contribution in [0, 0.1) is 0 Å². The number of hydrogen-bond acceptors (Lipinski definition) is 4. The normalized spacial score (nSPS) is 28.8. The second-order valence-electron chi connectivity index (χ2n) is 4.92. The Morgan fingerprint density at radius 3 is 3.21 bits per heavy atom. The Hall–Kier alpha value is -1.11. The highest BCUT2D eigenvalue weighted by molar-refractivity contribution is 5.85. The summed E-state index contributed by atoms with van der Waals surface area (Å²) in [4.78, 5) is 16.1. The third kappa shape index (κ3) is 2.91. The second kappa shape index (κ2) is 5.90. The van der Waals surface area contributed by atoms with Crippen LogP contribution < -0.4 is 10.6 Å². The summed E-state index contributed by atoms with van der Waals surface area (Å²) in [5.74, 6) is 0.814. The van der Waals surface area contributed by atoms with Gasteiger partial charge in [0, 0.05) is 31.9 Å². The number of aromatic nitrogens is 2. The van der Waals surface area contributed by atoms with Crippen molar-refractivity contribution in [3.63, 3.8) is 0 Å². The molecule has 6 nitrogen and oxygen atoms in total. The first-order valence-corrected chi connectivity index (χ1v) is 6.37. The van der Waals surface area contributed by atoms with E-state index in [1.165, 1.54) is 0 Å². The number of halogens is 1. The monoisotopic (exact) mass is 286 g/mol. The summed E-state index contributed by atoms with van der Waals surface area (Å²) in [5, 5.41) is 6.24. The third-order valence-electron chi connectivity index (χ3n) is 3.73. The molecule has 0 spiro atoms. The second-order valence-corrected chi connectivity index (χ2v) is 4.92. The molecule has 0 radical (unpaired) electrons. The highest BCUT2D eigenvalue weighted by Gasteiger charge is 2.41. The van der Waals surface area contributed by atoms with Gasteiger partial charge in [-0.05, 0) is 13.0 Å². The molecule has 0 saturated carbocycles. The van der Waals surface area contributed by atoms with E-state index in [9.17, 15) is 4.79 Å². The van der Waals surface area contributed by atoms with E-state index in [1.54, 1.807) is 6.20 Å². The predicted octanol–water partition coefficient (Wildman–Crippen LogP) is -0.0225. The molecule has 0 aromatic carbocycles. The lowest BCUT2D eigenvalue weighted by Crippen LogP contribution is -2.35. The zero-order valence-corrected chi connectivity index (χ0v) is 11.7. The van der Waals surface area contributed by atoms with Gasteiger partial charge in [0.2, 0.25) is 5.91 Å². The van der Waals surface area contributed by atoms with Gasteiger partial charge in [0.05, 0.1) is 12.6 Å². The number of hydrogen-bond donors (Lipinski definition) is 2. The van der Waals surface area contributed by atoms with Crippen LogP contribution in [0.1, 0.15) is 18.7 Å². The van der Waals surface area contributed by atoms with Crippen LogP contribution in [0.2, 0.25) is 0 Å². The van der Waals surface area contributed by atoms with Crippen molar-refractivity contribution in [2.24, 2.45) is 7.05 Å². The van der Waals surface area contributed by atoms with E-state index in [0.29, 0.717) is 12.6 Å². The van der Waals surface area contributed by atoms with E-state index in [2.05, 4.69) is 15.6 Å². The molecule has 0 aliphatic carbocycles. The molecule has 2 N–H and O–H groups in total. The minimum Gasteiger partial charge on any atom is -0.363 e. The maximum atomic E-state index is 12.0. The fourth-order valence-corrected chi connectivity index (χ4v) is 2.65. The van der Waals surface area contributed by atoms with Gasteiger partial charge in [0.1, 0.15) is 11.9 Å². The van der Waals surface area contributed by atoms with Crippen LogP contribution in [-0.4, -0.2) is 40.3 Å². The summed E-state index contributed by atoms with van der Waals surface area (Å²) in [6.45, 7) is 1.45. The molecular weight excluding hydrogens is 268 g/mol. The number of aryl methyl sites for hydroxylation is 1. The van der Waals surface area contributed by atoms with Crippen molar-refractivity contribution < 1.29 is 9.53 Å². The molecule has 2 fully saturated rings. The Bertz CT molecular complexity index is 439. The number of imidazole rings is 1. The first-order chi connectivity index (χ1) is 8.74. The molecule has 3 heterocycles. The van der Waals surface area contributed by atoms with Crippen molar-refractivity contribution in [3.05, 3.63) is 18.2 Å². The average Bonchev–Trinajstić information content (AvgIpc) is 3.00. The number of carbonyl (C=O) groups is 1. The summed E-state index contributed by atoms with van der Waals surface area (Å²) in [6, 6.07) is 0.355. The van der Waals surface area contributed by atoms with E-state index < -0.39 is 0 Å². The van der Waals surface area contributed by atoms with Crippen LogP contribution in [0.3, 0.4) is 0 Å². The molecular formula is C12H19ClN4O2. The molecule has 0 unspecified atom stereocenters. The third-order valence-corrected chi connectivity index (χ3v) is 3.73. The summed E-state index contributed by atoms with van der Waals surface area (Å²) in [5.41, 5.74) is 0. The van der Waals surface area contributed by atoms with Crippen molar-refractivity contribution in [1.29, 1.82) is 0 Å². The molecule has 106 valence electrons. The number of fused-ring (bicyclic) bond motifs is 1. The largest absolute Gasteiger partial charge is 0.363 e. The Morgan fingerprint density at radius 2 is 2.53 bits per heavy atom. The molecule has 2 aliphatic rings. The van der Waals surface area contributed by atoms with Crippen LogP contribution in [0.4, 0.5) is 0 Å². The molecule has 0 bridgehead atoms. The zero-order valence-electron chi connectivity index (χ0n) is 10.8. The molecule has 2 aliphatic heterocycles. The van der Waals surface area contributed by atoms with Gasteiger partial charge in [-0.15, -0.1) is 12.4 Å². The van der Waals surface area contributed by atoms with Gasteiger partial charge in [-0.3, -0.25) is 4.79 Å². The lowest BCUT2D eigenvalue weighted by molar-refractivity contribution is -0.132. The molecule has 19 heavy (non-hydrogen) atoms. The van der Waals surface area contributed by atoms with Crippen molar-refractivity contribution in [2.75, 3.05) is 6.54 Å². The van der Waals surface area contributed by atoms with Crippen LogP contribution in [0.15, 0.2) is 12.4 Å². The number of amides is 1. The average molecular weight is 287 g/mol. The van der Waals surface area contributed by atoms with Gasteiger partial charge >= 0.3 is 0 Å². The maximum Gasteiger partial charge on any atom is 0.249 e. The Labute approximate surface area is 118 Å². The van der Waals surface area contributed by atoms with E-state index >= 15 is 0 Å². The lowest BCUT2D eigenvalue weighted by Gasteiger charge is -2.12. The van der Waals surface area contributed by atoms with Gasteiger partial charge in [0.25, 0.3) is 0 Å². The molecule has 7 heteroatoms. The molecule has 3 atom stereocenters. The van der Waals surface area contributed by atoms with Crippen molar-refractivity contribution in [1.82, 2.24) is 20.2 Å². The predicted molar refractivity (Wildman–Crippen MR) is 72.0 cm³/mol. The van der Waals surface area contributed by atoms with Gasteiger partial charge in [-0.25, -0.2) is 4.98 Å². The SMILES string of the molecule is Cl.Cn1ccnc1CNC(=O)[C@@H]1C[C@H]2NCC[C@H]2O1. The van der Waals surface area contributed by atoms with E-state index in [1.807, 2.05) is 17.8 Å². The Kier molecular flexibility index (Phi) is 4.44. The lowest BCUT2D eigenvalue weighted by atomic mass is 10.1. The first-order valence-electron chi connectivity index (χ1n) is 6.37. The van der Waals surface area contributed by atoms with Crippen LogP contribution in [-0.2, 0) is 23.1 Å². The smallest absolute Gasteiger partial charge is 0.249 e. The summed E-state index contributed by atoms with van der Waals surface area (Å²) >= 11 is 0. The maximum absolute atomic E-state index is 12.0. The number of ether oxygens (including phenoxy) is 1. The topological polar surface area (TPSA) is 68.2 Å². The fraction of sp³-hybridized carbons (Fsp3) is 0.667. The molecule has 3 rings (SSSR count). The van der Waals surface area contributed by atoms with Gasteiger partial charge in [-0.2, -0.15) is 0 Å². The number of carbonyl (C=O) groups excluding carboxylic acids is 1. The van der Waals surface area contributed by atoms with Crippen molar-refractivity contribution in [2.45, 2.75) is 37.6 Å². The quantitative estimate of drug-likeness (QED) is 0.819. The molecule has 2 saturated heterocycles. The Balaban J connectivity index is 0.00000133.